The number of carbonyl (C=O) groups is 3. The van der Waals surface area contributed by atoms with E-state index in [0.29, 0.717) is 5.56 Å². The molecule has 2 N–H and O–H groups in total. The van der Waals surface area contributed by atoms with Gasteiger partial charge in [-0.1, -0.05) is 48.5 Å². The van der Waals surface area contributed by atoms with Gasteiger partial charge in [0.05, 0.1) is 12.2 Å². The number of ketones is 1. The Labute approximate surface area is 133 Å². The summed E-state index contributed by atoms with van der Waals surface area (Å²) >= 11 is 0. The van der Waals surface area contributed by atoms with Crippen LogP contribution >= 0.6 is 0 Å². The average molecular weight is 312 g/mol. The van der Waals surface area contributed by atoms with Crippen LogP contribution in [0.15, 0.2) is 54.6 Å². The molecule has 2 rings (SSSR count). The molecule has 0 heterocycles. The van der Waals surface area contributed by atoms with E-state index < -0.39 is 12.0 Å². The molecule has 0 fully saturated rings. The van der Waals surface area contributed by atoms with Crippen LogP contribution < -0.4 is 10.9 Å². The van der Waals surface area contributed by atoms with Crippen molar-refractivity contribution in [2.75, 3.05) is 6.61 Å². The van der Waals surface area contributed by atoms with Crippen LogP contribution in [0.25, 0.3) is 0 Å². The van der Waals surface area contributed by atoms with Gasteiger partial charge in [0.25, 0.3) is 5.91 Å². The SMILES string of the molecule is CCOC(=O)NNC(=O)c1ccccc1C(=O)c1ccccc1. The molecule has 0 aliphatic carbocycles. The number of hydrogen-bond donors (Lipinski definition) is 2. The highest BCUT2D eigenvalue weighted by Crippen LogP contribution is 2.14. The molecule has 0 bridgehead atoms. The number of carbonyl (C=O) groups excluding carboxylic acids is 3. The minimum absolute atomic E-state index is 0.165. The molecule has 0 saturated carbocycles. The first-order valence-corrected chi connectivity index (χ1v) is 7.05. The minimum atomic E-state index is -0.771. The van der Waals surface area contributed by atoms with Gasteiger partial charge in [-0.2, -0.15) is 0 Å². The molecule has 0 atom stereocenters. The Morgan fingerprint density at radius 2 is 1.48 bits per heavy atom. The zero-order valence-electron chi connectivity index (χ0n) is 12.5. The molecule has 2 aromatic carbocycles. The highest BCUT2D eigenvalue weighted by molar-refractivity contribution is 6.15. The lowest BCUT2D eigenvalue weighted by Gasteiger charge is -2.10. The van der Waals surface area contributed by atoms with Crippen molar-refractivity contribution in [1.29, 1.82) is 0 Å². The lowest BCUT2D eigenvalue weighted by Crippen LogP contribution is -2.42. The third-order valence-electron chi connectivity index (χ3n) is 3.01. The average Bonchev–Trinajstić information content (AvgIpc) is 2.60. The van der Waals surface area contributed by atoms with E-state index in [0.717, 1.165) is 0 Å². The van der Waals surface area contributed by atoms with Gasteiger partial charge in [0.1, 0.15) is 0 Å². The number of rotatable bonds is 4. The summed E-state index contributed by atoms with van der Waals surface area (Å²) in [7, 11) is 0. The summed E-state index contributed by atoms with van der Waals surface area (Å²) in [6, 6.07) is 15.0. The fraction of sp³-hybridized carbons (Fsp3) is 0.118. The van der Waals surface area contributed by atoms with E-state index in [1.54, 1.807) is 55.5 Å². The quantitative estimate of drug-likeness (QED) is 0.670. The van der Waals surface area contributed by atoms with Crippen LogP contribution in [0, 0.1) is 0 Å². The summed E-state index contributed by atoms with van der Waals surface area (Å²) in [6.07, 6.45) is -0.771. The molecule has 118 valence electrons. The van der Waals surface area contributed by atoms with Crippen LogP contribution in [0.4, 0.5) is 4.79 Å². The molecular weight excluding hydrogens is 296 g/mol. The molecule has 0 aliphatic heterocycles. The van der Waals surface area contributed by atoms with Gasteiger partial charge >= 0.3 is 6.09 Å². The van der Waals surface area contributed by atoms with Crippen molar-refractivity contribution in [3.8, 4) is 0 Å². The standard InChI is InChI=1S/C17H16N2O4/c1-2-23-17(22)19-18-16(21)14-11-7-6-10-13(14)15(20)12-8-4-3-5-9-12/h3-11H,2H2,1H3,(H,18,21)(H,19,22). The molecule has 0 spiro atoms. The number of nitrogens with one attached hydrogen (secondary N) is 2. The van der Waals surface area contributed by atoms with Crippen molar-refractivity contribution in [3.05, 3.63) is 71.3 Å². The molecule has 0 saturated heterocycles. The first-order chi connectivity index (χ1) is 11.1. The Morgan fingerprint density at radius 1 is 0.870 bits per heavy atom. The summed E-state index contributed by atoms with van der Waals surface area (Å²) in [4.78, 5) is 35.9. The van der Waals surface area contributed by atoms with Crippen LogP contribution in [-0.2, 0) is 4.74 Å². The molecular formula is C17H16N2O4. The van der Waals surface area contributed by atoms with Gasteiger partial charge in [0.15, 0.2) is 5.78 Å². The molecule has 0 aromatic heterocycles. The second-order valence-corrected chi connectivity index (χ2v) is 4.54. The molecule has 2 aromatic rings. The third kappa shape index (κ3) is 4.16. The van der Waals surface area contributed by atoms with Gasteiger partial charge in [0, 0.05) is 11.1 Å². The smallest absolute Gasteiger partial charge is 0.426 e. The number of hydrogen-bond acceptors (Lipinski definition) is 4. The van der Waals surface area contributed by atoms with Crippen molar-refractivity contribution >= 4 is 17.8 Å². The summed E-state index contributed by atoms with van der Waals surface area (Å²) in [5.74, 6) is -0.870. The maximum Gasteiger partial charge on any atom is 0.426 e. The second-order valence-electron chi connectivity index (χ2n) is 4.54. The largest absolute Gasteiger partial charge is 0.449 e. The Balaban J connectivity index is 2.19. The van der Waals surface area contributed by atoms with Gasteiger partial charge in [-0.25, -0.2) is 10.2 Å². The molecule has 6 heteroatoms. The molecule has 0 radical (unpaired) electrons. The number of benzene rings is 2. The highest BCUT2D eigenvalue weighted by atomic mass is 16.5. The Kier molecular flexibility index (Phi) is 5.46. The summed E-state index contributed by atoms with van der Waals surface area (Å²) < 4.78 is 4.64. The molecule has 0 unspecified atom stereocenters. The number of amides is 2. The first kappa shape index (κ1) is 16.2. The van der Waals surface area contributed by atoms with Crippen molar-refractivity contribution in [1.82, 2.24) is 10.9 Å². The van der Waals surface area contributed by atoms with Crippen LogP contribution in [-0.4, -0.2) is 24.4 Å². The van der Waals surface area contributed by atoms with Gasteiger partial charge in [-0.05, 0) is 13.0 Å². The summed E-state index contributed by atoms with van der Waals surface area (Å²) in [5.41, 5.74) is 5.22. The molecule has 0 aliphatic rings. The normalized spacial score (nSPS) is 9.78. The fourth-order valence-electron chi connectivity index (χ4n) is 1.97. The Morgan fingerprint density at radius 3 is 2.13 bits per heavy atom. The van der Waals surface area contributed by atoms with Gasteiger partial charge in [0.2, 0.25) is 0 Å². The lowest BCUT2D eigenvalue weighted by molar-refractivity contribution is 0.0905. The maximum atomic E-state index is 12.5. The second kappa shape index (κ2) is 7.74. The van der Waals surface area contributed by atoms with Crippen LogP contribution in [0.2, 0.25) is 0 Å². The van der Waals surface area contributed by atoms with Gasteiger partial charge < -0.3 is 4.74 Å². The van der Waals surface area contributed by atoms with Crippen molar-refractivity contribution in [2.24, 2.45) is 0 Å². The predicted octanol–water partition coefficient (Wildman–Crippen LogP) is 2.31. The van der Waals surface area contributed by atoms with Crippen LogP contribution in [0.1, 0.15) is 33.2 Å². The first-order valence-electron chi connectivity index (χ1n) is 7.05. The van der Waals surface area contributed by atoms with E-state index in [1.165, 1.54) is 6.07 Å². The fourth-order valence-corrected chi connectivity index (χ4v) is 1.97. The van der Waals surface area contributed by atoms with Crippen LogP contribution in [0.5, 0.6) is 0 Å². The zero-order chi connectivity index (χ0) is 16.7. The van der Waals surface area contributed by atoms with Crippen LogP contribution in [0.3, 0.4) is 0 Å². The van der Waals surface area contributed by atoms with Crippen molar-refractivity contribution in [3.63, 3.8) is 0 Å². The third-order valence-corrected chi connectivity index (χ3v) is 3.01. The lowest BCUT2D eigenvalue weighted by atomic mass is 9.98. The topological polar surface area (TPSA) is 84.5 Å². The zero-order valence-corrected chi connectivity index (χ0v) is 12.5. The molecule has 23 heavy (non-hydrogen) atoms. The summed E-state index contributed by atoms with van der Waals surface area (Å²) in [5, 5.41) is 0. The minimum Gasteiger partial charge on any atom is -0.449 e. The van der Waals surface area contributed by atoms with E-state index >= 15 is 0 Å². The maximum absolute atomic E-state index is 12.5. The van der Waals surface area contributed by atoms with Crippen molar-refractivity contribution < 1.29 is 19.1 Å². The number of hydrazine groups is 1. The van der Waals surface area contributed by atoms with Crippen molar-refractivity contribution in [2.45, 2.75) is 6.92 Å². The van der Waals surface area contributed by atoms with Gasteiger partial charge in [-0.15, -0.1) is 0 Å². The molecule has 6 nitrogen and oxygen atoms in total. The monoisotopic (exact) mass is 312 g/mol. The molecule has 2 amide bonds. The Bertz CT molecular complexity index is 714. The van der Waals surface area contributed by atoms with E-state index in [-0.39, 0.29) is 23.5 Å². The van der Waals surface area contributed by atoms with E-state index in [1.807, 2.05) is 0 Å². The summed E-state index contributed by atoms with van der Waals surface area (Å²) in [6.45, 7) is 1.83. The van der Waals surface area contributed by atoms with E-state index in [9.17, 15) is 14.4 Å². The van der Waals surface area contributed by atoms with Gasteiger partial charge in [-0.3, -0.25) is 15.0 Å². The van der Waals surface area contributed by atoms with E-state index in [2.05, 4.69) is 15.6 Å². The highest BCUT2D eigenvalue weighted by Gasteiger charge is 2.18. The van der Waals surface area contributed by atoms with E-state index in [4.69, 9.17) is 0 Å². The predicted molar refractivity (Wildman–Crippen MR) is 83.9 cm³/mol. The Hall–Kier alpha value is -3.15. The number of ether oxygens (including phenoxy) is 1.